The molecule has 0 aromatic heterocycles. The Hall–Kier alpha value is -2.91. The lowest BCUT2D eigenvalue weighted by Crippen LogP contribution is -2.65. The predicted molar refractivity (Wildman–Crippen MR) is 140 cm³/mol. The fraction of sp³-hybridized carbons (Fsp3) is 0.548. The van der Waals surface area contributed by atoms with Gasteiger partial charge < -0.3 is 24.2 Å². The van der Waals surface area contributed by atoms with Crippen molar-refractivity contribution in [3.05, 3.63) is 71.8 Å². The van der Waals surface area contributed by atoms with Crippen molar-refractivity contribution in [1.29, 1.82) is 0 Å². The molecule has 218 valence electrons. The highest BCUT2D eigenvalue weighted by Gasteiger charge is 2.52. The summed E-state index contributed by atoms with van der Waals surface area (Å²) >= 11 is 0. The summed E-state index contributed by atoms with van der Waals surface area (Å²) < 4.78 is 38.9. The van der Waals surface area contributed by atoms with Gasteiger partial charge in [0.15, 0.2) is 11.7 Å². The van der Waals surface area contributed by atoms with E-state index in [1.165, 1.54) is 25.1 Å². The van der Waals surface area contributed by atoms with Crippen LogP contribution in [0.15, 0.2) is 60.7 Å². The van der Waals surface area contributed by atoms with Crippen molar-refractivity contribution in [2.75, 3.05) is 26.2 Å². The van der Waals surface area contributed by atoms with Crippen LogP contribution in [0.2, 0.25) is 0 Å². The molecule has 40 heavy (non-hydrogen) atoms. The van der Waals surface area contributed by atoms with E-state index in [1.807, 2.05) is 30.3 Å². The molecule has 3 saturated heterocycles. The highest BCUT2D eigenvalue weighted by Crippen LogP contribution is 2.42. The molecule has 2 bridgehead atoms. The number of carbonyl (C=O) groups excluding carboxylic acids is 2. The average Bonchev–Trinajstić information content (AvgIpc) is 2.97. The molecule has 4 aliphatic rings. The van der Waals surface area contributed by atoms with Crippen molar-refractivity contribution < 1.29 is 42.2 Å². The van der Waals surface area contributed by atoms with Gasteiger partial charge in [0, 0.05) is 31.1 Å². The number of hydrogen-bond acceptors (Lipinski definition) is 5. The molecule has 2 aromatic carbocycles. The largest absolute Gasteiger partial charge is 0.542 e. The first-order valence-electron chi connectivity index (χ1n) is 14.2. The monoisotopic (exact) mass is 561 g/mol. The van der Waals surface area contributed by atoms with Crippen molar-refractivity contribution in [1.82, 2.24) is 0 Å². The molecule has 0 spiro atoms. The molecule has 1 saturated carbocycles. The maximum absolute atomic E-state index is 13.7. The van der Waals surface area contributed by atoms with Gasteiger partial charge in [-0.15, -0.1) is 0 Å². The van der Waals surface area contributed by atoms with Crippen LogP contribution in [0.3, 0.4) is 0 Å². The molecule has 3 heterocycles. The Morgan fingerprint density at radius 2 is 1.45 bits per heavy atom. The molecular formula is C31H38F3NO5. The molecule has 0 radical (unpaired) electrons. The second-order valence-electron chi connectivity index (χ2n) is 11.5. The number of aliphatic carboxylic acids is 1. The summed E-state index contributed by atoms with van der Waals surface area (Å²) in [5.41, 5.74) is 0.529. The van der Waals surface area contributed by atoms with E-state index in [9.17, 15) is 23.1 Å². The van der Waals surface area contributed by atoms with Crippen molar-refractivity contribution in [2.45, 2.75) is 69.2 Å². The Kier molecular flexibility index (Phi) is 9.56. The molecule has 2 aromatic rings. The number of carbonyl (C=O) groups is 2. The van der Waals surface area contributed by atoms with E-state index in [4.69, 9.17) is 14.6 Å². The number of rotatable bonds is 7. The number of ether oxygens (including phenoxy) is 1. The first-order valence-corrected chi connectivity index (χ1v) is 14.2. The molecule has 3 aliphatic heterocycles. The van der Waals surface area contributed by atoms with E-state index in [0.29, 0.717) is 11.5 Å². The Labute approximate surface area is 233 Å². The molecule has 6 nitrogen and oxygen atoms in total. The number of benzene rings is 2. The van der Waals surface area contributed by atoms with Crippen LogP contribution < -0.4 is 5.11 Å². The van der Waals surface area contributed by atoms with E-state index in [2.05, 4.69) is 30.3 Å². The van der Waals surface area contributed by atoms with Crippen molar-refractivity contribution in [3.63, 3.8) is 0 Å². The third-order valence-corrected chi connectivity index (χ3v) is 8.97. The van der Waals surface area contributed by atoms with E-state index < -0.39 is 23.7 Å². The number of carboxylic acid groups (broad SMARTS) is 1. The summed E-state index contributed by atoms with van der Waals surface area (Å²) in [7, 11) is 0. The van der Waals surface area contributed by atoms with Crippen molar-refractivity contribution in [2.24, 2.45) is 11.8 Å². The van der Waals surface area contributed by atoms with Gasteiger partial charge in [-0.05, 0) is 24.0 Å². The molecule has 1 N–H and O–H groups in total. The van der Waals surface area contributed by atoms with Crippen molar-refractivity contribution >= 4 is 11.9 Å². The number of halogens is 3. The van der Waals surface area contributed by atoms with Crippen molar-refractivity contribution in [3.8, 4) is 0 Å². The standard InChI is InChI=1S/C29H38NO3.C2HF3O2/c31-28(29(32,25-12-6-2-7-13-25)26-14-8-3-9-15-26)33-27-22-30(20-17-24(27)18-21-30)19-16-23-10-4-1-5-11-23;3-2(4,5)1(6)7/h1-2,4-7,10-13,24,26-27,32H,3,8-9,14-22H2;(H,6,7)/q+1;/p-1/t24?,27-,29+,30?;/m0./s1. The van der Waals surface area contributed by atoms with Gasteiger partial charge in [0.2, 0.25) is 0 Å². The van der Waals surface area contributed by atoms with Crippen LogP contribution in [0.25, 0.3) is 0 Å². The van der Waals surface area contributed by atoms with E-state index in [-0.39, 0.29) is 12.0 Å². The van der Waals surface area contributed by atoms with E-state index in [1.54, 1.807) is 0 Å². The van der Waals surface area contributed by atoms with Gasteiger partial charge in [-0.3, -0.25) is 0 Å². The zero-order valence-corrected chi connectivity index (χ0v) is 22.7. The summed E-state index contributed by atoms with van der Waals surface area (Å²) in [4.78, 5) is 22.5. The van der Waals surface area contributed by atoms with Crippen LogP contribution >= 0.6 is 0 Å². The lowest BCUT2D eigenvalue weighted by atomic mass is 9.73. The third-order valence-electron chi connectivity index (χ3n) is 8.97. The first-order chi connectivity index (χ1) is 19.0. The minimum Gasteiger partial charge on any atom is -0.542 e. The van der Waals surface area contributed by atoms with Crippen LogP contribution in [0.1, 0.15) is 56.1 Å². The van der Waals surface area contributed by atoms with Crippen LogP contribution in [0.4, 0.5) is 13.2 Å². The first kappa shape index (κ1) is 30.1. The molecule has 4 fully saturated rings. The van der Waals surface area contributed by atoms with Gasteiger partial charge in [-0.2, -0.15) is 13.2 Å². The van der Waals surface area contributed by atoms with Crippen LogP contribution in [0, 0.1) is 11.8 Å². The Bertz CT molecular complexity index is 1110. The molecule has 1 aliphatic carbocycles. The number of carboxylic acids is 1. The Morgan fingerprint density at radius 1 is 0.900 bits per heavy atom. The summed E-state index contributed by atoms with van der Waals surface area (Å²) in [6, 6.07) is 20.2. The molecule has 2 atom stereocenters. The SMILES string of the molecule is O=C(O[C@H]1C[N+]2(CCc3ccccc3)CCC1CC2)[C@@](O)(c1ccccc1)C1CCCCC1.O=C([O-])C(F)(F)F. The fourth-order valence-corrected chi connectivity index (χ4v) is 6.64. The topological polar surface area (TPSA) is 86.7 Å². The van der Waals surface area contributed by atoms with E-state index >= 15 is 0 Å². The predicted octanol–water partition coefficient (Wildman–Crippen LogP) is 4.15. The summed E-state index contributed by atoms with van der Waals surface area (Å²) in [6.07, 6.45) is 3.08. The van der Waals surface area contributed by atoms with Gasteiger partial charge in [0.25, 0.3) is 0 Å². The van der Waals surface area contributed by atoms with Gasteiger partial charge in [-0.25, -0.2) is 4.79 Å². The van der Waals surface area contributed by atoms with Gasteiger partial charge in [-0.1, -0.05) is 79.9 Å². The number of hydrogen-bond donors (Lipinski definition) is 1. The number of esters is 1. The Balaban J connectivity index is 0.000000470. The molecule has 0 unspecified atom stereocenters. The minimum atomic E-state index is -5.19. The summed E-state index contributed by atoms with van der Waals surface area (Å²) in [6.45, 7) is 4.34. The van der Waals surface area contributed by atoms with Crippen LogP contribution in [-0.4, -0.2) is 60.0 Å². The summed E-state index contributed by atoms with van der Waals surface area (Å²) in [5.74, 6) is -3.06. The molecule has 9 heteroatoms. The number of piperidine rings is 3. The van der Waals surface area contributed by atoms with Crippen LogP contribution in [-0.2, 0) is 26.3 Å². The number of fused-ring (bicyclic) bond motifs is 3. The third kappa shape index (κ3) is 7.04. The minimum absolute atomic E-state index is 0.0662. The fourth-order valence-electron chi connectivity index (χ4n) is 6.64. The zero-order valence-electron chi connectivity index (χ0n) is 22.7. The smallest absolute Gasteiger partial charge is 0.430 e. The second kappa shape index (κ2) is 12.7. The zero-order chi connectivity index (χ0) is 28.8. The maximum atomic E-state index is 13.7. The molecule has 6 rings (SSSR count). The lowest BCUT2D eigenvalue weighted by molar-refractivity contribution is -0.946. The quantitative estimate of drug-likeness (QED) is 0.406. The number of alkyl halides is 3. The Morgan fingerprint density at radius 3 is 2.00 bits per heavy atom. The number of quaternary nitrogens is 1. The molecular weight excluding hydrogens is 523 g/mol. The lowest BCUT2D eigenvalue weighted by Gasteiger charge is -2.52. The normalized spacial score (nSPS) is 26.2. The highest BCUT2D eigenvalue weighted by molar-refractivity contribution is 5.81. The molecule has 0 amide bonds. The maximum Gasteiger partial charge on any atom is 0.430 e. The number of aliphatic hydroxyl groups is 1. The second-order valence-corrected chi connectivity index (χ2v) is 11.5. The average molecular weight is 562 g/mol. The van der Waals surface area contributed by atoms with Gasteiger partial charge >= 0.3 is 12.1 Å². The van der Waals surface area contributed by atoms with Crippen LogP contribution in [0.5, 0.6) is 0 Å². The van der Waals surface area contributed by atoms with Gasteiger partial charge in [0.1, 0.15) is 12.5 Å². The highest BCUT2D eigenvalue weighted by atomic mass is 19.4. The van der Waals surface area contributed by atoms with Gasteiger partial charge in [0.05, 0.1) is 19.6 Å². The summed E-state index contributed by atoms with van der Waals surface area (Å²) in [5, 5.41) is 20.7. The number of nitrogens with zero attached hydrogens (tertiary/aromatic N) is 1. The van der Waals surface area contributed by atoms with E-state index in [0.717, 1.165) is 62.5 Å².